The second-order valence-corrected chi connectivity index (χ2v) is 6.37. The Kier molecular flexibility index (Phi) is 5.70. The molecule has 0 atom stereocenters. The van der Waals surface area contributed by atoms with Gasteiger partial charge in [-0.2, -0.15) is 0 Å². The Balaban J connectivity index is 1.75. The summed E-state index contributed by atoms with van der Waals surface area (Å²) in [5.41, 5.74) is 0.692. The molecule has 5 heteroatoms. The van der Waals surface area contributed by atoms with Crippen LogP contribution in [0.3, 0.4) is 0 Å². The summed E-state index contributed by atoms with van der Waals surface area (Å²) in [7, 11) is 0. The molecule has 1 aromatic carbocycles. The lowest BCUT2D eigenvalue weighted by Crippen LogP contribution is -2.32. The van der Waals surface area contributed by atoms with Gasteiger partial charge in [0, 0.05) is 6.20 Å². The second kappa shape index (κ2) is 8.15. The predicted molar refractivity (Wildman–Crippen MR) is 94.4 cm³/mol. The van der Waals surface area contributed by atoms with E-state index in [2.05, 4.69) is 0 Å². The molecule has 1 aliphatic rings. The summed E-state index contributed by atoms with van der Waals surface area (Å²) in [5, 5.41) is 0.496. The summed E-state index contributed by atoms with van der Waals surface area (Å²) in [6.07, 6.45) is 7.64. The van der Waals surface area contributed by atoms with Gasteiger partial charge >= 0.3 is 0 Å². The third-order valence-corrected chi connectivity index (χ3v) is 4.50. The van der Waals surface area contributed by atoms with E-state index in [0.29, 0.717) is 22.3 Å². The van der Waals surface area contributed by atoms with E-state index in [0.717, 1.165) is 12.8 Å². The predicted octanol–water partition coefficient (Wildman–Crippen LogP) is 4.09. The van der Waals surface area contributed by atoms with Crippen molar-refractivity contribution in [2.75, 3.05) is 6.61 Å². The van der Waals surface area contributed by atoms with Crippen LogP contribution in [0.2, 0.25) is 5.02 Å². The second-order valence-electron chi connectivity index (χ2n) is 5.96. The van der Waals surface area contributed by atoms with Gasteiger partial charge in [-0.05, 0) is 37.1 Å². The third-order valence-electron chi connectivity index (χ3n) is 4.18. The highest BCUT2D eigenvalue weighted by Crippen LogP contribution is 2.23. The fraction of sp³-hybridized carbons (Fsp3) is 0.368. The summed E-state index contributed by atoms with van der Waals surface area (Å²) in [6.45, 7) is -0.0778. The lowest BCUT2D eigenvalue weighted by Gasteiger charge is -2.17. The molecule has 0 saturated heterocycles. The Labute approximate surface area is 146 Å². The van der Waals surface area contributed by atoms with Crippen molar-refractivity contribution in [3.8, 4) is 5.75 Å². The average molecular weight is 345 g/mol. The van der Waals surface area contributed by atoms with Gasteiger partial charge in [0.05, 0.1) is 11.1 Å². The summed E-state index contributed by atoms with van der Waals surface area (Å²) in [6, 6.07) is 13.1. The van der Waals surface area contributed by atoms with Gasteiger partial charge in [0.25, 0.3) is 5.91 Å². The molecule has 1 aromatic heterocycles. The summed E-state index contributed by atoms with van der Waals surface area (Å²) in [4.78, 5) is 17.3. The molecule has 0 N–H and O–H groups in total. The first-order chi connectivity index (χ1) is 11.7. The molecule has 0 bridgehead atoms. The SMILES string of the molecule is O=C(COc1ccccc1Cl)n1ccccc1=NC1CCCCC1. The standard InChI is InChI=1S/C19H21ClN2O2/c20-16-10-4-5-11-17(16)24-14-19(23)22-13-7-6-12-18(22)21-15-8-2-1-3-9-15/h4-7,10-13,15H,1-3,8-9,14H2. The van der Waals surface area contributed by atoms with Crippen molar-refractivity contribution in [1.29, 1.82) is 0 Å². The molecule has 0 amide bonds. The maximum Gasteiger partial charge on any atom is 0.270 e. The highest BCUT2D eigenvalue weighted by molar-refractivity contribution is 6.32. The molecular formula is C19H21ClN2O2. The Bertz CT molecular complexity index is 764. The molecule has 0 radical (unpaired) electrons. The van der Waals surface area contributed by atoms with Crippen LogP contribution in [-0.4, -0.2) is 23.1 Å². The lowest BCUT2D eigenvalue weighted by molar-refractivity contribution is 0.0831. The molecule has 126 valence electrons. The maximum absolute atomic E-state index is 12.5. The van der Waals surface area contributed by atoms with Crippen LogP contribution < -0.4 is 10.2 Å². The first kappa shape index (κ1) is 16.8. The Morgan fingerprint density at radius 2 is 1.88 bits per heavy atom. The van der Waals surface area contributed by atoms with Gasteiger partial charge < -0.3 is 4.74 Å². The number of ether oxygens (including phenoxy) is 1. The molecule has 0 aliphatic heterocycles. The fourth-order valence-corrected chi connectivity index (χ4v) is 3.11. The normalized spacial score (nSPS) is 16.1. The Hall–Kier alpha value is -2.07. The van der Waals surface area contributed by atoms with Gasteiger partial charge in [0.15, 0.2) is 6.61 Å². The van der Waals surface area contributed by atoms with Crippen molar-refractivity contribution in [3.63, 3.8) is 0 Å². The Morgan fingerprint density at radius 3 is 2.67 bits per heavy atom. The number of rotatable bonds is 4. The minimum absolute atomic E-state index is 0.0778. The molecule has 1 aliphatic carbocycles. The molecule has 3 rings (SSSR count). The van der Waals surface area contributed by atoms with Crippen LogP contribution in [0, 0.1) is 0 Å². The molecule has 2 aromatic rings. The molecular weight excluding hydrogens is 324 g/mol. The zero-order chi connectivity index (χ0) is 16.8. The molecule has 1 saturated carbocycles. The van der Waals surface area contributed by atoms with E-state index >= 15 is 0 Å². The molecule has 4 nitrogen and oxygen atoms in total. The van der Waals surface area contributed by atoms with Crippen molar-refractivity contribution in [2.45, 2.75) is 38.1 Å². The number of aromatic nitrogens is 1. The average Bonchev–Trinajstić information content (AvgIpc) is 2.62. The fourth-order valence-electron chi connectivity index (χ4n) is 2.92. The number of nitrogens with zero attached hydrogens (tertiary/aromatic N) is 2. The molecule has 0 unspecified atom stereocenters. The Morgan fingerprint density at radius 1 is 1.12 bits per heavy atom. The quantitative estimate of drug-likeness (QED) is 0.838. The van der Waals surface area contributed by atoms with E-state index in [9.17, 15) is 4.79 Å². The molecule has 0 spiro atoms. The van der Waals surface area contributed by atoms with Crippen LogP contribution in [0.5, 0.6) is 5.75 Å². The largest absolute Gasteiger partial charge is 0.482 e. The van der Waals surface area contributed by atoms with Crippen LogP contribution >= 0.6 is 11.6 Å². The van der Waals surface area contributed by atoms with Gasteiger partial charge in [0.2, 0.25) is 0 Å². The van der Waals surface area contributed by atoms with Crippen LogP contribution in [0.1, 0.15) is 36.9 Å². The number of para-hydroxylation sites is 1. The van der Waals surface area contributed by atoms with E-state index in [1.165, 1.54) is 19.3 Å². The highest BCUT2D eigenvalue weighted by Gasteiger charge is 2.13. The van der Waals surface area contributed by atoms with E-state index in [-0.39, 0.29) is 12.5 Å². The van der Waals surface area contributed by atoms with Crippen molar-refractivity contribution >= 4 is 17.5 Å². The first-order valence-electron chi connectivity index (χ1n) is 8.36. The highest BCUT2D eigenvalue weighted by atomic mass is 35.5. The number of carbonyl (C=O) groups excluding carboxylic acids is 1. The van der Waals surface area contributed by atoms with Crippen molar-refractivity contribution in [2.24, 2.45) is 4.99 Å². The van der Waals surface area contributed by atoms with Gasteiger partial charge in [-0.25, -0.2) is 0 Å². The monoisotopic (exact) mass is 344 g/mol. The number of carbonyl (C=O) groups is 1. The van der Waals surface area contributed by atoms with E-state index in [4.69, 9.17) is 21.3 Å². The molecule has 1 fully saturated rings. The van der Waals surface area contributed by atoms with Crippen LogP contribution in [0.4, 0.5) is 0 Å². The molecule has 24 heavy (non-hydrogen) atoms. The van der Waals surface area contributed by atoms with E-state index in [1.807, 2.05) is 30.3 Å². The van der Waals surface area contributed by atoms with Gasteiger partial charge in [-0.15, -0.1) is 0 Å². The minimum Gasteiger partial charge on any atom is -0.482 e. The third kappa shape index (κ3) is 4.26. The maximum atomic E-state index is 12.5. The van der Waals surface area contributed by atoms with Crippen molar-refractivity contribution < 1.29 is 9.53 Å². The lowest BCUT2D eigenvalue weighted by atomic mass is 9.96. The minimum atomic E-state index is -0.162. The number of hydrogen-bond acceptors (Lipinski definition) is 3. The van der Waals surface area contributed by atoms with Crippen LogP contribution in [0.15, 0.2) is 53.7 Å². The summed E-state index contributed by atoms with van der Waals surface area (Å²) < 4.78 is 7.11. The summed E-state index contributed by atoms with van der Waals surface area (Å²) >= 11 is 6.05. The first-order valence-corrected chi connectivity index (χ1v) is 8.74. The van der Waals surface area contributed by atoms with Gasteiger partial charge in [0.1, 0.15) is 11.2 Å². The van der Waals surface area contributed by atoms with Gasteiger partial charge in [-0.1, -0.05) is 49.1 Å². The van der Waals surface area contributed by atoms with Gasteiger partial charge in [-0.3, -0.25) is 14.4 Å². The smallest absolute Gasteiger partial charge is 0.270 e. The zero-order valence-electron chi connectivity index (χ0n) is 13.5. The van der Waals surface area contributed by atoms with E-state index < -0.39 is 0 Å². The van der Waals surface area contributed by atoms with Crippen molar-refractivity contribution in [3.05, 3.63) is 59.2 Å². The van der Waals surface area contributed by atoms with Crippen LogP contribution in [-0.2, 0) is 0 Å². The summed E-state index contributed by atoms with van der Waals surface area (Å²) in [5.74, 6) is 0.347. The number of hydrogen-bond donors (Lipinski definition) is 0. The van der Waals surface area contributed by atoms with E-state index in [1.54, 1.807) is 22.9 Å². The number of pyridine rings is 1. The van der Waals surface area contributed by atoms with Crippen molar-refractivity contribution in [1.82, 2.24) is 4.57 Å². The topological polar surface area (TPSA) is 43.6 Å². The zero-order valence-corrected chi connectivity index (χ0v) is 14.3. The van der Waals surface area contributed by atoms with Crippen LogP contribution in [0.25, 0.3) is 0 Å². The number of benzene rings is 1. The number of halogens is 1. The molecule has 1 heterocycles.